The number of benzene rings is 1. The molecule has 1 aliphatic rings. The van der Waals surface area contributed by atoms with E-state index < -0.39 is 5.97 Å². The first kappa shape index (κ1) is 15.2. The van der Waals surface area contributed by atoms with Crippen LogP contribution >= 0.6 is 0 Å². The lowest BCUT2D eigenvalue weighted by Gasteiger charge is -2.15. The average molecular weight is 315 g/mol. The predicted molar refractivity (Wildman–Crippen MR) is 79.2 cm³/mol. The van der Waals surface area contributed by atoms with E-state index in [0.29, 0.717) is 24.4 Å². The highest BCUT2D eigenvalue weighted by atomic mass is 16.5. The Hall–Kier alpha value is -2.70. The Labute approximate surface area is 133 Å². The zero-order valence-electron chi connectivity index (χ0n) is 12.8. The van der Waals surface area contributed by atoms with Crippen LogP contribution in [0.3, 0.4) is 0 Å². The number of carbonyl (C=O) groups excluding carboxylic acids is 2. The second-order valence-corrected chi connectivity index (χ2v) is 5.41. The highest BCUT2D eigenvalue weighted by Crippen LogP contribution is 2.15. The van der Waals surface area contributed by atoms with Gasteiger partial charge in [-0.2, -0.15) is 0 Å². The minimum atomic E-state index is -0.454. The van der Waals surface area contributed by atoms with Crippen LogP contribution in [0.5, 0.6) is 0 Å². The number of nitrogens with zero attached hydrogens (tertiary/aromatic N) is 3. The Kier molecular flexibility index (Phi) is 4.36. The maximum atomic E-state index is 12.0. The molecule has 23 heavy (non-hydrogen) atoms. The molecular formula is C16H17N3O4. The topological polar surface area (TPSA) is 85.5 Å². The van der Waals surface area contributed by atoms with Crippen LogP contribution in [0.2, 0.25) is 0 Å². The van der Waals surface area contributed by atoms with Crippen molar-refractivity contribution in [3.8, 4) is 0 Å². The molecule has 1 aromatic carbocycles. The van der Waals surface area contributed by atoms with Crippen molar-refractivity contribution >= 4 is 11.9 Å². The van der Waals surface area contributed by atoms with Gasteiger partial charge in [-0.15, -0.1) is 10.2 Å². The first-order valence-electron chi connectivity index (χ1n) is 7.44. The highest BCUT2D eigenvalue weighted by molar-refractivity contribution is 5.89. The summed E-state index contributed by atoms with van der Waals surface area (Å²) in [4.78, 5) is 25.4. The molecule has 120 valence electrons. The first-order valence-corrected chi connectivity index (χ1v) is 7.44. The maximum Gasteiger partial charge on any atom is 0.338 e. The predicted octanol–water partition coefficient (Wildman–Crippen LogP) is 1.86. The van der Waals surface area contributed by atoms with Gasteiger partial charge in [-0.05, 0) is 24.1 Å². The Bertz CT molecular complexity index is 708. The normalized spacial score (nSPS) is 14.3. The summed E-state index contributed by atoms with van der Waals surface area (Å²) in [6, 6.07) is 7.05. The van der Waals surface area contributed by atoms with Gasteiger partial charge in [0.25, 0.3) is 5.89 Å². The van der Waals surface area contributed by atoms with E-state index in [2.05, 4.69) is 10.2 Å². The summed E-state index contributed by atoms with van der Waals surface area (Å²) in [6.45, 7) is 2.99. The number of hydrogen-bond donors (Lipinski definition) is 0. The van der Waals surface area contributed by atoms with E-state index >= 15 is 0 Å². The molecule has 0 N–H and O–H groups in total. The molecule has 0 atom stereocenters. The fraction of sp³-hybridized carbons (Fsp3) is 0.375. The van der Waals surface area contributed by atoms with Gasteiger partial charge in [0.1, 0.15) is 0 Å². The summed E-state index contributed by atoms with van der Waals surface area (Å²) in [5, 5.41) is 7.42. The number of likely N-dealkylation sites (tertiary alicyclic amines) is 1. The third-order valence-corrected chi connectivity index (χ3v) is 3.63. The zero-order chi connectivity index (χ0) is 16.2. The number of aromatic nitrogens is 2. The van der Waals surface area contributed by atoms with Crippen molar-refractivity contribution in [2.75, 3.05) is 6.54 Å². The molecule has 1 fully saturated rings. The van der Waals surface area contributed by atoms with Gasteiger partial charge in [-0.1, -0.05) is 12.1 Å². The molecule has 0 aliphatic carbocycles. The van der Waals surface area contributed by atoms with Gasteiger partial charge >= 0.3 is 5.97 Å². The lowest BCUT2D eigenvalue weighted by atomic mass is 10.1. The zero-order valence-corrected chi connectivity index (χ0v) is 12.8. The first-order chi connectivity index (χ1) is 11.1. The van der Waals surface area contributed by atoms with Crippen LogP contribution in [0.4, 0.5) is 0 Å². The minimum absolute atomic E-state index is 0.0519. The Balaban J connectivity index is 1.55. The smallest absolute Gasteiger partial charge is 0.338 e. The van der Waals surface area contributed by atoms with Gasteiger partial charge in [-0.3, -0.25) is 4.79 Å². The molecule has 0 saturated carbocycles. The van der Waals surface area contributed by atoms with E-state index in [9.17, 15) is 9.59 Å². The van der Waals surface area contributed by atoms with Gasteiger partial charge in [0, 0.05) is 26.4 Å². The van der Waals surface area contributed by atoms with Crippen molar-refractivity contribution in [3.63, 3.8) is 0 Å². The van der Waals surface area contributed by atoms with Crippen molar-refractivity contribution in [1.29, 1.82) is 0 Å². The van der Waals surface area contributed by atoms with E-state index in [0.717, 1.165) is 18.5 Å². The van der Waals surface area contributed by atoms with E-state index in [-0.39, 0.29) is 18.4 Å². The molecule has 7 nitrogen and oxygen atoms in total. The Morgan fingerprint density at radius 2 is 2.09 bits per heavy atom. The van der Waals surface area contributed by atoms with Crippen LogP contribution < -0.4 is 0 Å². The number of esters is 1. The van der Waals surface area contributed by atoms with Crippen molar-refractivity contribution in [2.24, 2.45) is 0 Å². The quantitative estimate of drug-likeness (QED) is 0.783. The number of aryl methyl sites for hydroxylation is 1. The molecule has 1 aliphatic heterocycles. The van der Waals surface area contributed by atoms with E-state index in [1.165, 1.54) is 0 Å². The van der Waals surface area contributed by atoms with Gasteiger partial charge in [0.05, 0.1) is 5.56 Å². The molecule has 2 aromatic rings. The number of amides is 1. The maximum absolute atomic E-state index is 12.0. The minimum Gasteiger partial charge on any atom is -0.452 e. The van der Waals surface area contributed by atoms with Gasteiger partial charge in [0.15, 0.2) is 6.61 Å². The van der Waals surface area contributed by atoms with Crippen molar-refractivity contribution in [3.05, 3.63) is 47.2 Å². The van der Waals surface area contributed by atoms with E-state index in [1.807, 2.05) is 17.0 Å². The van der Waals surface area contributed by atoms with Crippen LogP contribution in [0, 0.1) is 6.92 Å². The Morgan fingerprint density at radius 1 is 1.30 bits per heavy atom. The van der Waals surface area contributed by atoms with Crippen LogP contribution in [0.25, 0.3) is 0 Å². The molecular weight excluding hydrogens is 298 g/mol. The second kappa shape index (κ2) is 6.60. The number of hydrogen-bond acceptors (Lipinski definition) is 6. The molecule has 0 radical (unpaired) electrons. The summed E-state index contributed by atoms with van der Waals surface area (Å²) in [5.74, 6) is 0.421. The Morgan fingerprint density at radius 3 is 2.70 bits per heavy atom. The average Bonchev–Trinajstić information content (AvgIpc) is 3.14. The van der Waals surface area contributed by atoms with Crippen LogP contribution in [-0.2, 0) is 22.7 Å². The van der Waals surface area contributed by atoms with Crippen molar-refractivity contribution in [1.82, 2.24) is 15.1 Å². The fourth-order valence-electron chi connectivity index (χ4n) is 2.44. The van der Waals surface area contributed by atoms with Crippen molar-refractivity contribution in [2.45, 2.75) is 32.9 Å². The van der Waals surface area contributed by atoms with E-state index in [4.69, 9.17) is 9.15 Å². The summed E-state index contributed by atoms with van der Waals surface area (Å²) in [6.07, 6.45) is 1.54. The number of ether oxygens (including phenoxy) is 1. The molecule has 0 bridgehead atoms. The van der Waals surface area contributed by atoms with E-state index in [1.54, 1.807) is 19.1 Å². The van der Waals surface area contributed by atoms with Gasteiger partial charge in [0.2, 0.25) is 11.8 Å². The third kappa shape index (κ3) is 3.74. The number of carbonyl (C=O) groups is 2. The summed E-state index contributed by atoms with van der Waals surface area (Å²) < 4.78 is 10.3. The summed E-state index contributed by atoms with van der Waals surface area (Å²) >= 11 is 0. The van der Waals surface area contributed by atoms with Gasteiger partial charge < -0.3 is 14.1 Å². The second-order valence-electron chi connectivity index (χ2n) is 5.41. The highest BCUT2D eigenvalue weighted by Gasteiger charge is 2.20. The molecule has 3 rings (SSSR count). The van der Waals surface area contributed by atoms with Gasteiger partial charge in [-0.25, -0.2) is 4.79 Å². The third-order valence-electron chi connectivity index (χ3n) is 3.63. The van der Waals surface area contributed by atoms with Crippen LogP contribution in [-0.4, -0.2) is 33.5 Å². The van der Waals surface area contributed by atoms with Crippen LogP contribution in [0.15, 0.2) is 28.7 Å². The lowest BCUT2D eigenvalue weighted by molar-refractivity contribution is -0.128. The number of rotatable bonds is 5. The molecule has 0 spiro atoms. The molecule has 1 amide bonds. The fourth-order valence-corrected chi connectivity index (χ4v) is 2.44. The summed E-state index contributed by atoms with van der Waals surface area (Å²) in [7, 11) is 0. The van der Waals surface area contributed by atoms with Crippen LogP contribution in [0.1, 0.15) is 40.5 Å². The molecule has 0 unspecified atom stereocenters. The molecule has 2 heterocycles. The SMILES string of the molecule is Cc1nnc(COC(=O)c2ccc(CN3CCCC3=O)cc2)o1. The van der Waals surface area contributed by atoms with Crippen molar-refractivity contribution < 1.29 is 18.7 Å². The lowest BCUT2D eigenvalue weighted by Crippen LogP contribution is -2.23. The molecule has 7 heteroatoms. The molecule has 1 saturated heterocycles. The monoisotopic (exact) mass is 315 g/mol. The largest absolute Gasteiger partial charge is 0.452 e. The standard InChI is InChI=1S/C16H17N3O4/c1-11-17-18-14(23-11)10-22-16(21)13-6-4-12(5-7-13)9-19-8-2-3-15(19)20/h4-7H,2-3,8-10H2,1H3. The summed E-state index contributed by atoms with van der Waals surface area (Å²) in [5.41, 5.74) is 1.43. The molecule has 1 aromatic heterocycles.